The number of hydrogen-bond acceptors (Lipinski definition) is 6. The smallest absolute Gasteiger partial charge is 0.265 e. The van der Waals surface area contributed by atoms with Gasteiger partial charge in [-0.15, -0.1) is 11.3 Å². The van der Waals surface area contributed by atoms with E-state index >= 15 is 0 Å². The Morgan fingerprint density at radius 3 is 2.46 bits per heavy atom. The van der Waals surface area contributed by atoms with E-state index in [1.807, 2.05) is 0 Å². The molecule has 9 nitrogen and oxygen atoms in total. The average molecular weight is 395 g/mol. The van der Waals surface area contributed by atoms with Crippen molar-refractivity contribution in [3.8, 4) is 11.3 Å². The fourth-order valence-electron chi connectivity index (χ4n) is 2.83. The molecule has 1 aliphatic heterocycles. The van der Waals surface area contributed by atoms with Crippen molar-refractivity contribution < 1.29 is 19.2 Å². The highest BCUT2D eigenvalue weighted by molar-refractivity contribution is 7.14. The summed E-state index contributed by atoms with van der Waals surface area (Å²) in [7, 11) is 0. The van der Waals surface area contributed by atoms with Crippen LogP contribution in [0.25, 0.3) is 11.3 Å². The number of primary amides is 1. The highest BCUT2D eigenvalue weighted by atomic mass is 32.1. The van der Waals surface area contributed by atoms with E-state index in [9.17, 15) is 19.2 Å². The van der Waals surface area contributed by atoms with Gasteiger partial charge in [0, 0.05) is 17.1 Å². The minimum absolute atomic E-state index is 0.249. The number of thiazole rings is 1. The quantitative estimate of drug-likeness (QED) is 0.562. The van der Waals surface area contributed by atoms with Gasteiger partial charge >= 0.3 is 0 Å². The summed E-state index contributed by atoms with van der Waals surface area (Å²) in [6.45, 7) is -0.406. The zero-order valence-electron chi connectivity index (χ0n) is 14.3. The van der Waals surface area contributed by atoms with Crippen molar-refractivity contribution in [1.82, 2.24) is 14.9 Å². The average Bonchev–Trinajstić information content (AvgIpc) is 3.38. The number of carbonyl (C=O) groups excluding carboxylic acids is 4. The minimum Gasteiger partial charge on any atom is -0.364 e. The number of aromatic amines is 1. The number of anilines is 1. The molecule has 0 spiro atoms. The van der Waals surface area contributed by atoms with Crippen molar-refractivity contribution in [1.29, 1.82) is 0 Å². The number of nitrogens with two attached hydrogens (primary N) is 1. The molecule has 1 aromatic carbocycles. The molecule has 28 heavy (non-hydrogen) atoms. The molecule has 2 aromatic heterocycles. The molecule has 10 heteroatoms. The van der Waals surface area contributed by atoms with E-state index in [0.717, 1.165) is 4.90 Å². The first-order chi connectivity index (χ1) is 13.4. The number of fused-ring (bicyclic) bond motifs is 1. The van der Waals surface area contributed by atoms with Crippen molar-refractivity contribution in [3.05, 3.63) is 58.7 Å². The van der Waals surface area contributed by atoms with Gasteiger partial charge < -0.3 is 16.0 Å². The monoisotopic (exact) mass is 395 g/mol. The molecule has 0 fully saturated rings. The van der Waals surface area contributed by atoms with Crippen LogP contribution in [0.3, 0.4) is 0 Å². The van der Waals surface area contributed by atoms with Gasteiger partial charge in [0.25, 0.3) is 17.7 Å². The number of nitrogens with one attached hydrogen (secondary N) is 2. The van der Waals surface area contributed by atoms with Gasteiger partial charge in [-0.2, -0.15) is 0 Å². The summed E-state index contributed by atoms with van der Waals surface area (Å²) in [5.74, 6) is -2.12. The maximum atomic E-state index is 12.3. The topological polar surface area (TPSA) is 138 Å². The number of hydrogen-bond donors (Lipinski definition) is 3. The summed E-state index contributed by atoms with van der Waals surface area (Å²) >= 11 is 1.18. The molecule has 4 rings (SSSR count). The zero-order chi connectivity index (χ0) is 19.8. The number of amides is 4. The van der Waals surface area contributed by atoms with Crippen LogP contribution in [-0.4, -0.2) is 45.0 Å². The molecule has 140 valence electrons. The van der Waals surface area contributed by atoms with Crippen LogP contribution in [0.1, 0.15) is 31.2 Å². The maximum Gasteiger partial charge on any atom is 0.265 e. The summed E-state index contributed by atoms with van der Waals surface area (Å²) in [5.41, 5.74) is 7.22. The lowest BCUT2D eigenvalue weighted by atomic mass is 10.1. The maximum absolute atomic E-state index is 12.3. The van der Waals surface area contributed by atoms with Gasteiger partial charge in [-0.25, -0.2) is 4.98 Å². The third-order valence-electron chi connectivity index (χ3n) is 4.17. The molecule has 0 saturated heterocycles. The van der Waals surface area contributed by atoms with E-state index in [-0.39, 0.29) is 16.8 Å². The van der Waals surface area contributed by atoms with E-state index in [2.05, 4.69) is 15.3 Å². The van der Waals surface area contributed by atoms with Gasteiger partial charge in [0.05, 0.1) is 16.8 Å². The molecule has 1 aliphatic rings. The second-order valence-corrected chi connectivity index (χ2v) is 6.85. The summed E-state index contributed by atoms with van der Waals surface area (Å²) in [6, 6.07) is 7.99. The number of rotatable bonds is 5. The first-order valence-electron chi connectivity index (χ1n) is 8.13. The fourth-order valence-corrected chi connectivity index (χ4v) is 3.57. The van der Waals surface area contributed by atoms with Crippen molar-refractivity contribution in [2.45, 2.75) is 0 Å². The van der Waals surface area contributed by atoms with Gasteiger partial charge in [-0.1, -0.05) is 12.1 Å². The number of H-pyrrole nitrogens is 1. The minimum atomic E-state index is -0.587. The van der Waals surface area contributed by atoms with Crippen LogP contribution in [0.15, 0.2) is 41.9 Å². The lowest BCUT2D eigenvalue weighted by molar-refractivity contribution is -0.116. The molecule has 4 N–H and O–H groups in total. The highest BCUT2D eigenvalue weighted by Gasteiger charge is 2.36. The Bertz CT molecular complexity index is 1100. The molecule has 3 heterocycles. The highest BCUT2D eigenvalue weighted by Crippen LogP contribution is 2.26. The number of benzene rings is 1. The van der Waals surface area contributed by atoms with E-state index in [1.165, 1.54) is 11.3 Å². The second-order valence-electron chi connectivity index (χ2n) is 5.99. The molecule has 3 aromatic rings. The Balaban J connectivity index is 1.44. The van der Waals surface area contributed by atoms with Crippen LogP contribution in [-0.2, 0) is 4.79 Å². The van der Waals surface area contributed by atoms with Crippen LogP contribution >= 0.6 is 11.3 Å². The summed E-state index contributed by atoms with van der Waals surface area (Å²) in [4.78, 5) is 56.0. The van der Waals surface area contributed by atoms with E-state index in [1.54, 1.807) is 41.9 Å². The second kappa shape index (κ2) is 6.74. The molecule has 0 saturated carbocycles. The van der Waals surface area contributed by atoms with Crippen molar-refractivity contribution in [2.24, 2.45) is 5.73 Å². The normalized spacial score (nSPS) is 12.9. The van der Waals surface area contributed by atoms with Gasteiger partial charge in [0.1, 0.15) is 12.2 Å². The number of carbonyl (C=O) groups is 4. The Morgan fingerprint density at radius 2 is 1.86 bits per heavy atom. The Kier molecular flexibility index (Phi) is 4.24. The van der Waals surface area contributed by atoms with Crippen molar-refractivity contribution in [2.75, 3.05) is 11.9 Å². The predicted octanol–water partition coefficient (Wildman–Crippen LogP) is 1.47. The van der Waals surface area contributed by atoms with Gasteiger partial charge in [0.15, 0.2) is 5.13 Å². The Labute approximate surface area is 162 Å². The van der Waals surface area contributed by atoms with Crippen LogP contribution in [0, 0.1) is 0 Å². The largest absolute Gasteiger partial charge is 0.364 e. The SMILES string of the molecule is NC(=O)c1cc(-c2csc(NC(=O)CN3C(=O)c4ccccc4C3=O)n2)c[nH]1. The molecule has 4 amide bonds. The number of nitrogens with zero attached hydrogens (tertiary/aromatic N) is 2. The lowest BCUT2D eigenvalue weighted by Gasteiger charge is -2.12. The number of imide groups is 1. The summed E-state index contributed by atoms with van der Waals surface area (Å²) < 4.78 is 0. The van der Waals surface area contributed by atoms with Gasteiger partial charge in [-0.05, 0) is 18.2 Å². The van der Waals surface area contributed by atoms with E-state index in [0.29, 0.717) is 16.4 Å². The summed E-state index contributed by atoms with van der Waals surface area (Å²) in [6.07, 6.45) is 1.58. The summed E-state index contributed by atoms with van der Waals surface area (Å²) in [5, 5.41) is 4.58. The standard InChI is InChI=1S/C18H13N5O4S/c19-15(25)12-5-9(6-20-12)13-8-28-18(21-13)22-14(24)7-23-16(26)10-3-1-2-4-11(10)17(23)27/h1-6,8,20H,7H2,(H2,19,25)(H,21,22,24). The van der Waals surface area contributed by atoms with Gasteiger partial charge in [0.2, 0.25) is 5.91 Å². The van der Waals surface area contributed by atoms with E-state index < -0.39 is 30.2 Å². The Morgan fingerprint density at radius 1 is 1.18 bits per heavy atom. The molecule has 0 aliphatic carbocycles. The first kappa shape index (κ1) is 17.6. The lowest BCUT2D eigenvalue weighted by Crippen LogP contribution is -2.37. The van der Waals surface area contributed by atoms with Crippen molar-refractivity contribution >= 4 is 40.1 Å². The van der Waals surface area contributed by atoms with Crippen molar-refractivity contribution in [3.63, 3.8) is 0 Å². The van der Waals surface area contributed by atoms with Crippen LogP contribution in [0.5, 0.6) is 0 Å². The van der Waals surface area contributed by atoms with Gasteiger partial charge in [-0.3, -0.25) is 24.1 Å². The molecular weight excluding hydrogens is 382 g/mol. The predicted molar refractivity (Wildman–Crippen MR) is 101 cm³/mol. The van der Waals surface area contributed by atoms with Crippen LogP contribution in [0.4, 0.5) is 5.13 Å². The fraction of sp³-hybridized carbons (Fsp3) is 0.0556. The zero-order valence-corrected chi connectivity index (χ0v) is 15.1. The third kappa shape index (κ3) is 3.05. The van der Waals surface area contributed by atoms with E-state index in [4.69, 9.17) is 5.73 Å². The number of aromatic nitrogens is 2. The third-order valence-corrected chi connectivity index (χ3v) is 4.93. The molecular formula is C18H13N5O4S. The Hall–Kier alpha value is -3.79. The molecule has 0 unspecified atom stereocenters. The molecule has 0 bridgehead atoms. The molecule has 0 radical (unpaired) electrons. The van der Waals surface area contributed by atoms with Crippen LogP contribution < -0.4 is 11.1 Å². The molecule has 0 atom stereocenters. The van der Waals surface area contributed by atoms with Crippen LogP contribution in [0.2, 0.25) is 0 Å². The first-order valence-corrected chi connectivity index (χ1v) is 9.01.